The minimum atomic E-state index is 0.321. The molecule has 2 aliphatic carbocycles. The monoisotopic (exact) mass is 331 g/mol. The third kappa shape index (κ3) is 3.65. The van der Waals surface area contributed by atoms with Crippen molar-refractivity contribution < 1.29 is 9.32 Å². The maximum atomic E-state index is 12.6. The van der Waals surface area contributed by atoms with Crippen LogP contribution in [-0.4, -0.2) is 34.0 Å². The van der Waals surface area contributed by atoms with Gasteiger partial charge in [-0.15, -0.1) is 0 Å². The van der Waals surface area contributed by atoms with Gasteiger partial charge in [-0.25, -0.2) is 0 Å². The number of aryl methyl sites for hydroxylation is 1. The Bertz CT molecular complexity index is 567. The standard InChI is InChI=1S/C19H29N3O2/c23-17(7-4-6-16-20-18(21-24-16)15-8-9-15)22-13-5-12-19(14-22)10-2-1-3-11-19/h15H,1-14H2. The predicted molar refractivity (Wildman–Crippen MR) is 90.5 cm³/mol. The quantitative estimate of drug-likeness (QED) is 0.822. The predicted octanol–water partition coefficient (Wildman–Crippen LogP) is 3.84. The van der Waals surface area contributed by atoms with Crippen LogP contribution < -0.4 is 0 Å². The van der Waals surface area contributed by atoms with Gasteiger partial charge in [0.05, 0.1) is 0 Å². The van der Waals surface area contributed by atoms with Crippen LogP contribution in [0.5, 0.6) is 0 Å². The van der Waals surface area contributed by atoms with Crippen molar-refractivity contribution in [2.45, 2.75) is 83.0 Å². The van der Waals surface area contributed by atoms with E-state index in [0.29, 0.717) is 29.6 Å². The SMILES string of the molecule is O=C(CCCc1nc(C2CC2)no1)N1CCCC2(CCCCC2)C1. The van der Waals surface area contributed by atoms with Gasteiger partial charge in [-0.1, -0.05) is 24.4 Å². The lowest BCUT2D eigenvalue weighted by Crippen LogP contribution is -2.46. The molecule has 1 saturated heterocycles. The molecule has 4 rings (SSSR count). The maximum Gasteiger partial charge on any atom is 0.226 e. The van der Waals surface area contributed by atoms with Crippen LogP contribution in [0.25, 0.3) is 0 Å². The molecule has 3 fully saturated rings. The number of rotatable bonds is 5. The molecule has 0 N–H and O–H groups in total. The zero-order valence-corrected chi connectivity index (χ0v) is 14.6. The third-order valence-electron chi connectivity index (χ3n) is 6.14. The normalized spacial score (nSPS) is 23.6. The highest BCUT2D eigenvalue weighted by molar-refractivity contribution is 5.76. The first kappa shape index (κ1) is 16.1. The van der Waals surface area contributed by atoms with Crippen LogP contribution in [0.4, 0.5) is 0 Å². The molecule has 5 heteroatoms. The van der Waals surface area contributed by atoms with Crippen LogP contribution in [0, 0.1) is 5.41 Å². The lowest BCUT2D eigenvalue weighted by Gasteiger charge is -2.45. The van der Waals surface area contributed by atoms with E-state index in [0.717, 1.165) is 31.8 Å². The van der Waals surface area contributed by atoms with Gasteiger partial charge in [0, 0.05) is 31.8 Å². The topological polar surface area (TPSA) is 59.2 Å². The number of carbonyl (C=O) groups excluding carboxylic acids is 1. The van der Waals surface area contributed by atoms with Gasteiger partial charge in [0.25, 0.3) is 0 Å². The second-order valence-electron chi connectivity index (χ2n) is 8.15. The van der Waals surface area contributed by atoms with Gasteiger partial charge in [-0.2, -0.15) is 4.98 Å². The summed E-state index contributed by atoms with van der Waals surface area (Å²) in [6.45, 7) is 1.95. The van der Waals surface area contributed by atoms with Gasteiger partial charge in [0.1, 0.15) is 0 Å². The fourth-order valence-corrected chi connectivity index (χ4v) is 4.56. The Hall–Kier alpha value is -1.39. The number of likely N-dealkylation sites (tertiary alicyclic amines) is 1. The van der Waals surface area contributed by atoms with Crippen LogP contribution >= 0.6 is 0 Å². The largest absolute Gasteiger partial charge is 0.342 e. The molecule has 132 valence electrons. The fraction of sp³-hybridized carbons (Fsp3) is 0.842. The van der Waals surface area contributed by atoms with Crippen LogP contribution in [-0.2, 0) is 11.2 Å². The van der Waals surface area contributed by atoms with Crippen molar-refractivity contribution in [3.05, 3.63) is 11.7 Å². The first-order valence-corrected chi connectivity index (χ1v) is 9.84. The number of hydrogen-bond acceptors (Lipinski definition) is 4. The summed E-state index contributed by atoms with van der Waals surface area (Å²) in [5, 5.41) is 4.04. The summed E-state index contributed by atoms with van der Waals surface area (Å²) < 4.78 is 5.30. The highest BCUT2D eigenvalue weighted by Crippen LogP contribution is 2.43. The number of piperidine rings is 1. The molecule has 0 unspecified atom stereocenters. The van der Waals surface area contributed by atoms with Crippen LogP contribution in [0.2, 0.25) is 0 Å². The third-order valence-corrected chi connectivity index (χ3v) is 6.14. The Morgan fingerprint density at radius 1 is 1.17 bits per heavy atom. The minimum absolute atomic E-state index is 0.321. The lowest BCUT2D eigenvalue weighted by molar-refractivity contribution is -0.135. The Kier molecular flexibility index (Phi) is 4.59. The molecule has 0 atom stereocenters. The zero-order chi connectivity index (χ0) is 16.4. The summed E-state index contributed by atoms with van der Waals surface area (Å²) in [6.07, 6.45) is 13.8. The maximum absolute atomic E-state index is 12.6. The molecular weight excluding hydrogens is 302 g/mol. The van der Waals surface area contributed by atoms with Crippen LogP contribution in [0.15, 0.2) is 4.52 Å². The molecule has 1 aliphatic heterocycles. The van der Waals surface area contributed by atoms with E-state index in [2.05, 4.69) is 15.0 Å². The molecule has 2 saturated carbocycles. The molecule has 1 aromatic heterocycles. The van der Waals surface area contributed by atoms with Gasteiger partial charge >= 0.3 is 0 Å². The average molecular weight is 331 g/mol. The molecule has 1 amide bonds. The van der Waals surface area contributed by atoms with E-state index < -0.39 is 0 Å². The molecule has 5 nitrogen and oxygen atoms in total. The lowest BCUT2D eigenvalue weighted by atomic mass is 9.69. The molecule has 0 aromatic carbocycles. The van der Waals surface area contributed by atoms with Crippen molar-refractivity contribution >= 4 is 5.91 Å². The van der Waals surface area contributed by atoms with Crippen molar-refractivity contribution in [3.63, 3.8) is 0 Å². The Morgan fingerprint density at radius 3 is 2.75 bits per heavy atom. The van der Waals surface area contributed by atoms with Crippen molar-refractivity contribution in [2.24, 2.45) is 5.41 Å². The molecule has 2 heterocycles. The van der Waals surface area contributed by atoms with Gasteiger partial charge in [-0.3, -0.25) is 4.79 Å². The summed E-state index contributed by atoms with van der Waals surface area (Å²) in [5.41, 5.74) is 0.442. The highest BCUT2D eigenvalue weighted by Gasteiger charge is 2.37. The highest BCUT2D eigenvalue weighted by atomic mass is 16.5. The second-order valence-corrected chi connectivity index (χ2v) is 8.15. The van der Waals surface area contributed by atoms with E-state index in [1.54, 1.807) is 0 Å². The number of nitrogens with zero attached hydrogens (tertiary/aromatic N) is 3. The molecule has 0 bridgehead atoms. The van der Waals surface area contributed by atoms with Crippen LogP contribution in [0.1, 0.15) is 88.3 Å². The van der Waals surface area contributed by atoms with Crippen LogP contribution in [0.3, 0.4) is 0 Å². The summed E-state index contributed by atoms with van der Waals surface area (Å²) >= 11 is 0. The summed E-state index contributed by atoms with van der Waals surface area (Å²) in [7, 11) is 0. The molecular formula is C19H29N3O2. The minimum Gasteiger partial charge on any atom is -0.342 e. The number of hydrogen-bond donors (Lipinski definition) is 0. The molecule has 3 aliphatic rings. The molecule has 1 aromatic rings. The number of aromatic nitrogens is 2. The molecule has 0 radical (unpaired) electrons. The van der Waals surface area contributed by atoms with Gasteiger partial charge in [0.2, 0.25) is 11.8 Å². The Labute approximate surface area is 144 Å². The molecule has 1 spiro atoms. The first-order valence-electron chi connectivity index (χ1n) is 9.84. The summed E-state index contributed by atoms with van der Waals surface area (Å²) in [4.78, 5) is 19.2. The number of amides is 1. The van der Waals surface area contributed by atoms with E-state index >= 15 is 0 Å². The van der Waals surface area contributed by atoms with Gasteiger partial charge < -0.3 is 9.42 Å². The van der Waals surface area contributed by atoms with E-state index in [4.69, 9.17) is 4.52 Å². The van der Waals surface area contributed by atoms with Crippen molar-refractivity contribution in [1.82, 2.24) is 15.0 Å². The first-order chi connectivity index (χ1) is 11.7. The van der Waals surface area contributed by atoms with E-state index in [-0.39, 0.29) is 0 Å². The summed E-state index contributed by atoms with van der Waals surface area (Å²) in [6, 6.07) is 0. The number of carbonyl (C=O) groups is 1. The molecule has 24 heavy (non-hydrogen) atoms. The van der Waals surface area contributed by atoms with Crippen molar-refractivity contribution in [3.8, 4) is 0 Å². The van der Waals surface area contributed by atoms with E-state index in [1.807, 2.05) is 0 Å². The smallest absolute Gasteiger partial charge is 0.226 e. The fourth-order valence-electron chi connectivity index (χ4n) is 4.56. The Balaban J connectivity index is 1.24. The van der Waals surface area contributed by atoms with Crippen molar-refractivity contribution in [1.29, 1.82) is 0 Å². The summed E-state index contributed by atoms with van der Waals surface area (Å²) in [5.74, 6) is 2.42. The van der Waals surface area contributed by atoms with E-state index in [9.17, 15) is 4.79 Å². The Morgan fingerprint density at radius 2 is 1.96 bits per heavy atom. The van der Waals surface area contributed by atoms with Gasteiger partial charge in [0.15, 0.2) is 5.82 Å². The average Bonchev–Trinajstić information content (AvgIpc) is 3.35. The zero-order valence-electron chi connectivity index (χ0n) is 14.6. The van der Waals surface area contributed by atoms with E-state index in [1.165, 1.54) is 57.8 Å². The van der Waals surface area contributed by atoms with Crippen molar-refractivity contribution in [2.75, 3.05) is 13.1 Å². The van der Waals surface area contributed by atoms with Gasteiger partial charge in [-0.05, 0) is 50.4 Å². The second kappa shape index (κ2) is 6.85.